The van der Waals surface area contributed by atoms with Crippen LogP contribution < -0.4 is 4.74 Å². The molecule has 0 unspecified atom stereocenters. The number of pyridine rings is 1. The lowest BCUT2D eigenvalue weighted by atomic mass is 10.1. The Balaban J connectivity index is 1.74. The molecule has 1 amide bonds. The number of piperidine rings is 1. The molecule has 1 aliphatic rings. The number of likely N-dealkylation sites (tertiary alicyclic amines) is 1. The summed E-state index contributed by atoms with van der Waals surface area (Å²) in [6.07, 6.45) is 1.64. The van der Waals surface area contributed by atoms with Crippen LogP contribution in [0.2, 0.25) is 0 Å². The molecule has 0 saturated carbocycles. The first kappa shape index (κ1) is 18.9. The lowest BCUT2D eigenvalue weighted by molar-refractivity contribution is -0.0561. The van der Waals surface area contributed by atoms with Crippen LogP contribution in [0.15, 0.2) is 42.6 Å². The maximum Gasteiger partial charge on any atom is 0.274 e. The number of ether oxygens (including phenoxy) is 1. The van der Waals surface area contributed by atoms with Gasteiger partial charge in [-0.15, -0.1) is 10.2 Å². The summed E-state index contributed by atoms with van der Waals surface area (Å²) in [5, 5.41) is 12.3. The van der Waals surface area contributed by atoms with Crippen LogP contribution in [-0.2, 0) is 0 Å². The smallest absolute Gasteiger partial charge is 0.274 e. The van der Waals surface area contributed by atoms with Gasteiger partial charge in [-0.1, -0.05) is 6.07 Å². The number of methoxy groups -OCH3 is 1. The van der Waals surface area contributed by atoms with Crippen LogP contribution in [0.3, 0.4) is 0 Å². The number of amides is 1. The van der Waals surface area contributed by atoms with E-state index in [2.05, 4.69) is 20.3 Å². The number of alkyl halides is 2. The molecule has 0 atom stereocenters. The lowest BCUT2D eigenvalue weighted by Gasteiger charge is -2.31. The lowest BCUT2D eigenvalue weighted by Crippen LogP contribution is -2.45. The molecular weight excluding hydrogens is 382 g/mol. The highest BCUT2D eigenvalue weighted by molar-refractivity contribution is 5.93. The Hall–Kier alpha value is -3.43. The maximum atomic E-state index is 13.8. The molecule has 0 radical (unpaired) electrons. The molecule has 150 valence electrons. The number of halogens is 2. The summed E-state index contributed by atoms with van der Waals surface area (Å²) >= 11 is 0. The van der Waals surface area contributed by atoms with Crippen molar-refractivity contribution in [3.05, 3.63) is 48.3 Å². The molecule has 1 aliphatic heterocycles. The third-order valence-electron chi connectivity index (χ3n) is 4.59. The molecule has 0 aromatic carbocycles. The summed E-state index contributed by atoms with van der Waals surface area (Å²) in [5.41, 5.74) is 1.10. The van der Waals surface area contributed by atoms with Gasteiger partial charge in [-0.25, -0.2) is 13.5 Å². The van der Waals surface area contributed by atoms with Crippen LogP contribution in [0.5, 0.6) is 5.88 Å². The first-order valence-electron chi connectivity index (χ1n) is 9.03. The standard InChI is InChI=1S/C19H18F2N6O2/c1-29-17-7-6-16(23-24-17)27-15(13-5-2-3-9-22-13)11-14(25-27)18(28)26-10-4-8-19(20,21)12-26/h2-3,5-7,9,11H,4,8,10,12H2,1H3. The number of nitrogens with zero attached hydrogens (tertiary/aromatic N) is 6. The minimum absolute atomic E-state index is 0.0426. The Kier molecular flexibility index (Phi) is 4.91. The minimum Gasteiger partial charge on any atom is -0.480 e. The number of carbonyl (C=O) groups excluding carboxylic acids is 1. The van der Waals surface area contributed by atoms with Crippen molar-refractivity contribution < 1.29 is 18.3 Å². The zero-order valence-corrected chi connectivity index (χ0v) is 15.6. The van der Waals surface area contributed by atoms with Crippen LogP contribution in [0.4, 0.5) is 8.78 Å². The largest absolute Gasteiger partial charge is 0.480 e. The molecule has 8 nitrogen and oxygen atoms in total. The van der Waals surface area contributed by atoms with Crippen molar-refractivity contribution in [1.29, 1.82) is 0 Å². The van der Waals surface area contributed by atoms with Gasteiger partial charge in [0.25, 0.3) is 11.8 Å². The van der Waals surface area contributed by atoms with Gasteiger partial charge in [0.15, 0.2) is 11.5 Å². The molecular formula is C19H18F2N6O2. The molecule has 29 heavy (non-hydrogen) atoms. The van der Waals surface area contributed by atoms with Gasteiger partial charge in [0, 0.05) is 25.2 Å². The predicted molar refractivity (Wildman–Crippen MR) is 99.0 cm³/mol. The van der Waals surface area contributed by atoms with Crippen molar-refractivity contribution in [2.45, 2.75) is 18.8 Å². The van der Waals surface area contributed by atoms with Crippen molar-refractivity contribution in [2.75, 3.05) is 20.2 Å². The minimum atomic E-state index is -2.89. The first-order chi connectivity index (χ1) is 14.0. The Morgan fingerprint density at radius 2 is 2.07 bits per heavy atom. The number of aromatic nitrogens is 5. The van der Waals surface area contributed by atoms with E-state index in [-0.39, 0.29) is 25.1 Å². The van der Waals surface area contributed by atoms with Crippen molar-refractivity contribution >= 4 is 5.91 Å². The van der Waals surface area contributed by atoms with Gasteiger partial charge in [-0.2, -0.15) is 5.10 Å². The van der Waals surface area contributed by atoms with Crippen molar-refractivity contribution in [2.24, 2.45) is 0 Å². The molecule has 0 aliphatic carbocycles. The zero-order valence-electron chi connectivity index (χ0n) is 15.6. The maximum absolute atomic E-state index is 13.8. The molecule has 3 aromatic rings. The topological polar surface area (TPSA) is 86.0 Å². The van der Waals surface area contributed by atoms with Gasteiger partial charge in [0.1, 0.15) is 0 Å². The van der Waals surface area contributed by atoms with Gasteiger partial charge < -0.3 is 9.64 Å². The van der Waals surface area contributed by atoms with E-state index in [1.54, 1.807) is 36.5 Å². The van der Waals surface area contributed by atoms with E-state index < -0.39 is 18.4 Å². The van der Waals surface area contributed by atoms with Crippen LogP contribution in [0.25, 0.3) is 17.2 Å². The number of hydrogen-bond donors (Lipinski definition) is 0. The first-order valence-corrected chi connectivity index (χ1v) is 9.03. The molecule has 0 spiro atoms. The molecule has 4 heterocycles. The summed E-state index contributed by atoms with van der Waals surface area (Å²) in [7, 11) is 1.47. The molecule has 4 rings (SSSR count). The molecule has 10 heteroatoms. The number of carbonyl (C=O) groups is 1. The quantitative estimate of drug-likeness (QED) is 0.669. The van der Waals surface area contributed by atoms with Crippen LogP contribution >= 0.6 is 0 Å². The SMILES string of the molecule is COc1ccc(-n2nc(C(=O)N3CCCC(F)(F)C3)cc2-c2ccccn2)nn1. The Morgan fingerprint density at radius 1 is 1.21 bits per heavy atom. The second kappa shape index (κ2) is 7.53. The van der Waals surface area contributed by atoms with Gasteiger partial charge in [-0.05, 0) is 30.7 Å². The summed E-state index contributed by atoms with van der Waals surface area (Å²) in [4.78, 5) is 18.3. The summed E-state index contributed by atoms with van der Waals surface area (Å²) in [6.45, 7) is -0.345. The van der Waals surface area contributed by atoms with E-state index in [0.717, 1.165) is 4.90 Å². The monoisotopic (exact) mass is 400 g/mol. The second-order valence-corrected chi connectivity index (χ2v) is 6.66. The highest BCUT2D eigenvalue weighted by Gasteiger charge is 2.38. The number of hydrogen-bond acceptors (Lipinski definition) is 6. The average molecular weight is 400 g/mol. The van der Waals surface area contributed by atoms with Gasteiger partial charge in [0.05, 0.1) is 25.0 Å². The summed E-state index contributed by atoms with van der Waals surface area (Å²) < 4.78 is 33.9. The van der Waals surface area contributed by atoms with Crippen molar-refractivity contribution in [3.63, 3.8) is 0 Å². The van der Waals surface area contributed by atoms with Gasteiger partial charge in [-0.3, -0.25) is 9.78 Å². The third-order valence-corrected chi connectivity index (χ3v) is 4.59. The zero-order chi connectivity index (χ0) is 20.4. The highest BCUT2D eigenvalue weighted by Crippen LogP contribution is 2.28. The van der Waals surface area contributed by atoms with E-state index in [0.29, 0.717) is 23.1 Å². The summed E-state index contributed by atoms with van der Waals surface area (Å²) in [5.74, 6) is -2.77. The van der Waals surface area contributed by atoms with E-state index in [1.807, 2.05) is 0 Å². The van der Waals surface area contributed by atoms with Crippen LogP contribution in [0.1, 0.15) is 23.3 Å². The van der Waals surface area contributed by atoms with E-state index in [4.69, 9.17) is 4.74 Å². The molecule has 1 fully saturated rings. The Morgan fingerprint density at radius 3 is 2.72 bits per heavy atom. The fourth-order valence-corrected chi connectivity index (χ4v) is 3.19. The van der Waals surface area contributed by atoms with Crippen molar-refractivity contribution in [1.82, 2.24) is 29.9 Å². The molecule has 1 saturated heterocycles. The Labute approximate surface area is 165 Å². The van der Waals surface area contributed by atoms with Crippen LogP contribution in [0, 0.1) is 0 Å². The van der Waals surface area contributed by atoms with E-state index in [1.165, 1.54) is 17.9 Å². The van der Waals surface area contributed by atoms with E-state index >= 15 is 0 Å². The fraction of sp³-hybridized carbons (Fsp3) is 0.316. The molecule has 3 aromatic heterocycles. The molecule has 0 N–H and O–H groups in total. The average Bonchev–Trinajstić information content (AvgIpc) is 3.18. The highest BCUT2D eigenvalue weighted by atomic mass is 19.3. The predicted octanol–water partition coefficient (Wildman–Crippen LogP) is 2.60. The molecule has 0 bridgehead atoms. The third kappa shape index (κ3) is 3.91. The van der Waals surface area contributed by atoms with Gasteiger partial charge in [0.2, 0.25) is 5.88 Å². The number of rotatable bonds is 4. The van der Waals surface area contributed by atoms with E-state index in [9.17, 15) is 13.6 Å². The fourth-order valence-electron chi connectivity index (χ4n) is 3.19. The van der Waals surface area contributed by atoms with Crippen molar-refractivity contribution in [3.8, 4) is 23.1 Å². The summed E-state index contributed by atoms with van der Waals surface area (Å²) in [6, 6.07) is 10.1. The second-order valence-electron chi connectivity index (χ2n) is 6.66. The Bertz CT molecular complexity index is 1010. The normalized spacial score (nSPS) is 15.9. The van der Waals surface area contributed by atoms with Gasteiger partial charge >= 0.3 is 0 Å². The van der Waals surface area contributed by atoms with Crippen LogP contribution in [-0.4, -0.2) is 61.9 Å².